The number of benzene rings is 1. The van der Waals surface area contributed by atoms with Crippen molar-refractivity contribution in [1.82, 2.24) is 9.55 Å². The van der Waals surface area contributed by atoms with Crippen LogP contribution in [0.5, 0.6) is 0 Å². The van der Waals surface area contributed by atoms with Crippen LogP contribution in [0.3, 0.4) is 0 Å². The molecule has 2 rings (SSSR count). The summed E-state index contributed by atoms with van der Waals surface area (Å²) in [6.07, 6.45) is 5.65. The lowest BCUT2D eigenvalue weighted by Crippen LogP contribution is -2.02. The first kappa shape index (κ1) is 13.5. The van der Waals surface area contributed by atoms with Crippen LogP contribution < -0.4 is 0 Å². The summed E-state index contributed by atoms with van der Waals surface area (Å²) in [4.78, 5) is 25.2. The second-order valence-electron chi connectivity index (χ2n) is 4.12. The smallest absolute Gasteiger partial charge is 0.335 e. The van der Waals surface area contributed by atoms with E-state index in [-0.39, 0.29) is 5.56 Å². The fourth-order valence-electron chi connectivity index (χ4n) is 1.71. The third-order valence-electron chi connectivity index (χ3n) is 2.69. The predicted molar refractivity (Wildman–Crippen MR) is 71.4 cm³/mol. The molecule has 0 unspecified atom stereocenters. The number of aliphatic carboxylic acids is 1. The van der Waals surface area contributed by atoms with E-state index in [0.29, 0.717) is 12.2 Å². The van der Waals surface area contributed by atoms with Crippen LogP contribution in [0.1, 0.15) is 21.6 Å². The van der Waals surface area contributed by atoms with Gasteiger partial charge in [-0.1, -0.05) is 12.1 Å². The summed E-state index contributed by atoms with van der Waals surface area (Å²) in [5.74, 6) is -1.99. The van der Waals surface area contributed by atoms with Crippen molar-refractivity contribution in [2.45, 2.75) is 6.54 Å². The number of aromatic carboxylic acids is 1. The zero-order valence-electron chi connectivity index (χ0n) is 10.4. The maximum absolute atomic E-state index is 10.8. The lowest BCUT2D eigenvalue weighted by molar-refractivity contribution is -0.131. The van der Waals surface area contributed by atoms with E-state index in [2.05, 4.69) is 4.98 Å². The first-order valence-electron chi connectivity index (χ1n) is 5.79. The molecule has 0 saturated heterocycles. The van der Waals surface area contributed by atoms with Gasteiger partial charge in [0.1, 0.15) is 0 Å². The van der Waals surface area contributed by atoms with Crippen LogP contribution in [-0.4, -0.2) is 31.7 Å². The topological polar surface area (TPSA) is 92.4 Å². The molecule has 2 aromatic rings. The van der Waals surface area contributed by atoms with Gasteiger partial charge in [-0.3, -0.25) is 0 Å². The summed E-state index contributed by atoms with van der Waals surface area (Å²) >= 11 is 0. The van der Waals surface area contributed by atoms with Gasteiger partial charge in [-0.2, -0.15) is 0 Å². The van der Waals surface area contributed by atoms with Crippen molar-refractivity contribution in [2.24, 2.45) is 0 Å². The Morgan fingerprint density at radius 1 is 1.20 bits per heavy atom. The fourth-order valence-corrected chi connectivity index (χ4v) is 1.71. The van der Waals surface area contributed by atoms with Crippen LogP contribution in [0.2, 0.25) is 0 Å². The Balaban J connectivity index is 2.16. The minimum absolute atomic E-state index is 0.227. The molecular weight excluding hydrogens is 260 g/mol. The van der Waals surface area contributed by atoms with Crippen LogP contribution in [0.25, 0.3) is 6.08 Å². The van der Waals surface area contributed by atoms with Gasteiger partial charge in [0.05, 0.1) is 23.8 Å². The van der Waals surface area contributed by atoms with Crippen molar-refractivity contribution in [2.75, 3.05) is 0 Å². The molecular formula is C14H12N2O4. The van der Waals surface area contributed by atoms with E-state index in [9.17, 15) is 9.59 Å². The molecule has 1 aromatic carbocycles. The number of carbonyl (C=O) groups is 2. The molecule has 0 saturated carbocycles. The standard InChI is InChI=1S/C14H12N2O4/c17-13(18)6-5-12-7-15-9-16(12)8-10-1-3-11(4-2-10)14(19)20/h1-7,9H,8H2,(H,17,18)(H,19,20). The zero-order chi connectivity index (χ0) is 14.5. The van der Waals surface area contributed by atoms with E-state index in [1.807, 2.05) is 0 Å². The monoisotopic (exact) mass is 272 g/mol. The average Bonchev–Trinajstić information content (AvgIpc) is 2.84. The van der Waals surface area contributed by atoms with E-state index in [1.165, 1.54) is 18.2 Å². The van der Waals surface area contributed by atoms with Gasteiger partial charge in [0.2, 0.25) is 0 Å². The molecule has 0 aliphatic heterocycles. The number of nitrogens with zero attached hydrogens (tertiary/aromatic N) is 2. The summed E-state index contributed by atoms with van der Waals surface area (Å²) in [7, 11) is 0. The molecule has 0 aliphatic carbocycles. The molecule has 0 bridgehead atoms. The summed E-state index contributed by atoms with van der Waals surface area (Å²) in [6.45, 7) is 0.485. The molecule has 20 heavy (non-hydrogen) atoms. The maximum Gasteiger partial charge on any atom is 0.335 e. The van der Waals surface area contributed by atoms with Gasteiger partial charge in [0.25, 0.3) is 0 Å². The van der Waals surface area contributed by atoms with Crippen molar-refractivity contribution in [3.8, 4) is 0 Å². The molecule has 0 spiro atoms. The normalized spacial score (nSPS) is 10.8. The van der Waals surface area contributed by atoms with Crippen LogP contribution in [0.4, 0.5) is 0 Å². The van der Waals surface area contributed by atoms with Crippen LogP contribution in [-0.2, 0) is 11.3 Å². The minimum atomic E-state index is -1.02. The summed E-state index contributed by atoms with van der Waals surface area (Å²) < 4.78 is 1.77. The molecule has 0 atom stereocenters. The van der Waals surface area contributed by atoms with Crippen molar-refractivity contribution in [3.05, 3.63) is 59.7 Å². The Morgan fingerprint density at radius 3 is 2.50 bits per heavy atom. The second kappa shape index (κ2) is 5.83. The predicted octanol–water partition coefficient (Wildman–Crippen LogP) is 1.73. The minimum Gasteiger partial charge on any atom is -0.478 e. The Hall–Kier alpha value is -2.89. The molecule has 0 amide bonds. The fraction of sp³-hybridized carbons (Fsp3) is 0.0714. The highest BCUT2D eigenvalue weighted by atomic mass is 16.4. The van der Waals surface area contributed by atoms with E-state index in [1.54, 1.807) is 29.2 Å². The Bertz CT molecular complexity index is 656. The highest BCUT2D eigenvalue weighted by Crippen LogP contribution is 2.09. The van der Waals surface area contributed by atoms with Gasteiger partial charge in [0, 0.05) is 12.6 Å². The van der Waals surface area contributed by atoms with Gasteiger partial charge in [-0.05, 0) is 23.8 Å². The Labute approximate surface area is 114 Å². The van der Waals surface area contributed by atoms with E-state index < -0.39 is 11.9 Å². The molecule has 6 nitrogen and oxygen atoms in total. The van der Waals surface area contributed by atoms with Crippen molar-refractivity contribution >= 4 is 18.0 Å². The van der Waals surface area contributed by atoms with Gasteiger partial charge < -0.3 is 14.8 Å². The lowest BCUT2D eigenvalue weighted by atomic mass is 10.1. The number of hydrogen-bond acceptors (Lipinski definition) is 3. The molecule has 0 aliphatic rings. The largest absolute Gasteiger partial charge is 0.478 e. The maximum atomic E-state index is 10.8. The Kier molecular flexibility index (Phi) is 3.95. The van der Waals surface area contributed by atoms with Crippen LogP contribution in [0, 0.1) is 0 Å². The van der Waals surface area contributed by atoms with Gasteiger partial charge in [0.15, 0.2) is 0 Å². The number of carboxylic acids is 2. The third kappa shape index (κ3) is 3.32. The van der Waals surface area contributed by atoms with Gasteiger partial charge in [-0.25, -0.2) is 14.6 Å². The number of hydrogen-bond donors (Lipinski definition) is 2. The molecule has 0 fully saturated rings. The number of imidazole rings is 1. The molecule has 1 heterocycles. The molecule has 1 aromatic heterocycles. The number of rotatable bonds is 5. The molecule has 102 valence electrons. The van der Waals surface area contributed by atoms with E-state index in [4.69, 9.17) is 10.2 Å². The number of carboxylic acid groups (broad SMARTS) is 2. The van der Waals surface area contributed by atoms with Gasteiger partial charge >= 0.3 is 11.9 Å². The molecule has 6 heteroatoms. The summed E-state index contributed by atoms with van der Waals surface area (Å²) in [5.41, 5.74) is 1.79. The lowest BCUT2D eigenvalue weighted by Gasteiger charge is -2.06. The highest BCUT2D eigenvalue weighted by Gasteiger charge is 2.04. The third-order valence-corrected chi connectivity index (χ3v) is 2.69. The highest BCUT2D eigenvalue weighted by molar-refractivity contribution is 5.87. The zero-order valence-corrected chi connectivity index (χ0v) is 10.4. The van der Waals surface area contributed by atoms with Crippen molar-refractivity contribution < 1.29 is 19.8 Å². The average molecular weight is 272 g/mol. The summed E-state index contributed by atoms with van der Waals surface area (Å²) in [5, 5.41) is 17.4. The SMILES string of the molecule is O=C(O)C=Cc1cncn1Cc1ccc(C(=O)O)cc1. The first-order chi connectivity index (χ1) is 9.56. The van der Waals surface area contributed by atoms with Crippen molar-refractivity contribution in [1.29, 1.82) is 0 Å². The van der Waals surface area contributed by atoms with E-state index in [0.717, 1.165) is 11.6 Å². The Morgan fingerprint density at radius 2 is 1.90 bits per heavy atom. The van der Waals surface area contributed by atoms with Gasteiger partial charge in [-0.15, -0.1) is 0 Å². The van der Waals surface area contributed by atoms with Crippen molar-refractivity contribution in [3.63, 3.8) is 0 Å². The quantitative estimate of drug-likeness (QED) is 0.808. The molecule has 0 radical (unpaired) electrons. The van der Waals surface area contributed by atoms with Crippen LogP contribution in [0.15, 0.2) is 42.9 Å². The van der Waals surface area contributed by atoms with E-state index >= 15 is 0 Å². The van der Waals surface area contributed by atoms with Crippen LogP contribution >= 0.6 is 0 Å². The number of aromatic nitrogens is 2. The molecule has 2 N–H and O–H groups in total. The first-order valence-corrected chi connectivity index (χ1v) is 5.79. The second-order valence-corrected chi connectivity index (χ2v) is 4.12. The summed E-state index contributed by atoms with van der Waals surface area (Å²) in [6, 6.07) is 6.49.